The van der Waals surface area contributed by atoms with E-state index in [1.165, 1.54) is 11.1 Å². The molecular formula is C24H27N3O2. The standard InChI is InChI=1S/C24H27N3O2/c1-3-23-25-22-12-14-27(16-17-5-4-6-20(15-17)29-2)13-11-21(22)24(26-23)18-7-9-19(28)10-8-18/h4-10,15,28H,3,11-14,16H2,1-2H3. The third kappa shape index (κ3) is 4.40. The lowest BCUT2D eigenvalue weighted by Gasteiger charge is -2.20. The van der Waals surface area contributed by atoms with E-state index in [4.69, 9.17) is 14.7 Å². The summed E-state index contributed by atoms with van der Waals surface area (Å²) in [5, 5.41) is 9.65. The first-order valence-electron chi connectivity index (χ1n) is 10.2. The lowest BCUT2D eigenvalue weighted by Crippen LogP contribution is -2.26. The highest BCUT2D eigenvalue weighted by Gasteiger charge is 2.21. The van der Waals surface area contributed by atoms with Crippen molar-refractivity contribution in [3.63, 3.8) is 0 Å². The summed E-state index contributed by atoms with van der Waals surface area (Å²) in [6.45, 7) is 4.92. The number of phenols is 1. The fraction of sp³-hybridized carbons (Fsp3) is 0.333. The van der Waals surface area contributed by atoms with E-state index in [-0.39, 0.29) is 5.75 Å². The van der Waals surface area contributed by atoms with E-state index < -0.39 is 0 Å². The summed E-state index contributed by atoms with van der Waals surface area (Å²) < 4.78 is 5.36. The van der Waals surface area contributed by atoms with Crippen LogP contribution in [0.3, 0.4) is 0 Å². The van der Waals surface area contributed by atoms with Gasteiger partial charge in [0.05, 0.1) is 12.8 Å². The predicted molar refractivity (Wildman–Crippen MR) is 114 cm³/mol. The van der Waals surface area contributed by atoms with E-state index in [0.717, 1.165) is 67.4 Å². The molecular weight excluding hydrogens is 362 g/mol. The van der Waals surface area contributed by atoms with Gasteiger partial charge < -0.3 is 9.84 Å². The molecule has 2 heterocycles. The topological polar surface area (TPSA) is 58.5 Å². The molecule has 1 aliphatic rings. The van der Waals surface area contributed by atoms with Crippen molar-refractivity contribution in [3.05, 3.63) is 71.2 Å². The van der Waals surface area contributed by atoms with Gasteiger partial charge in [-0.25, -0.2) is 9.97 Å². The van der Waals surface area contributed by atoms with Crippen molar-refractivity contribution >= 4 is 0 Å². The molecule has 150 valence electrons. The second kappa shape index (κ2) is 8.62. The number of hydrogen-bond donors (Lipinski definition) is 1. The Balaban J connectivity index is 1.60. The molecule has 0 radical (unpaired) electrons. The molecule has 0 atom stereocenters. The molecule has 4 rings (SSSR count). The summed E-state index contributed by atoms with van der Waals surface area (Å²) in [6.07, 6.45) is 2.64. The van der Waals surface area contributed by atoms with E-state index >= 15 is 0 Å². The summed E-state index contributed by atoms with van der Waals surface area (Å²) in [6, 6.07) is 15.6. The Morgan fingerprint density at radius 2 is 1.83 bits per heavy atom. The molecule has 0 fully saturated rings. The number of rotatable bonds is 5. The maximum Gasteiger partial charge on any atom is 0.129 e. The molecule has 0 spiro atoms. The number of methoxy groups -OCH3 is 1. The molecule has 0 unspecified atom stereocenters. The van der Waals surface area contributed by atoms with Crippen molar-refractivity contribution in [2.24, 2.45) is 0 Å². The monoisotopic (exact) mass is 389 g/mol. The highest BCUT2D eigenvalue weighted by Crippen LogP contribution is 2.28. The van der Waals surface area contributed by atoms with Gasteiger partial charge in [-0.3, -0.25) is 4.90 Å². The van der Waals surface area contributed by atoms with Gasteiger partial charge in [0.25, 0.3) is 0 Å². The Morgan fingerprint density at radius 1 is 1.03 bits per heavy atom. The summed E-state index contributed by atoms with van der Waals surface area (Å²) in [5.74, 6) is 2.05. The Kier molecular flexibility index (Phi) is 5.76. The van der Waals surface area contributed by atoms with E-state index in [2.05, 4.69) is 24.0 Å². The predicted octanol–water partition coefficient (Wildman–Crippen LogP) is 4.02. The van der Waals surface area contributed by atoms with Crippen LogP contribution in [0.25, 0.3) is 11.3 Å². The van der Waals surface area contributed by atoms with Crippen LogP contribution in [0.1, 0.15) is 29.6 Å². The summed E-state index contributed by atoms with van der Waals surface area (Å²) in [5.41, 5.74) is 5.70. The van der Waals surface area contributed by atoms with E-state index in [1.807, 2.05) is 24.3 Å². The molecule has 1 aliphatic heterocycles. The highest BCUT2D eigenvalue weighted by atomic mass is 16.5. The van der Waals surface area contributed by atoms with Gasteiger partial charge in [0.2, 0.25) is 0 Å². The largest absolute Gasteiger partial charge is 0.508 e. The fourth-order valence-corrected chi connectivity index (χ4v) is 3.90. The number of benzene rings is 2. The van der Waals surface area contributed by atoms with Crippen molar-refractivity contribution in [2.45, 2.75) is 32.7 Å². The Labute approximate surface area is 172 Å². The average Bonchev–Trinajstić information content (AvgIpc) is 2.96. The Hall–Kier alpha value is -2.92. The van der Waals surface area contributed by atoms with Crippen LogP contribution in [0.2, 0.25) is 0 Å². The molecule has 29 heavy (non-hydrogen) atoms. The van der Waals surface area contributed by atoms with Gasteiger partial charge in [-0.15, -0.1) is 0 Å². The van der Waals surface area contributed by atoms with Crippen molar-refractivity contribution in [1.82, 2.24) is 14.9 Å². The number of hydrogen-bond acceptors (Lipinski definition) is 5. The molecule has 1 aromatic heterocycles. The zero-order valence-corrected chi connectivity index (χ0v) is 17.1. The number of aromatic hydroxyl groups is 1. The first-order valence-corrected chi connectivity index (χ1v) is 10.2. The summed E-state index contributed by atoms with van der Waals surface area (Å²) in [7, 11) is 1.70. The van der Waals surface area contributed by atoms with Crippen LogP contribution in [0.5, 0.6) is 11.5 Å². The van der Waals surface area contributed by atoms with Crippen LogP contribution >= 0.6 is 0 Å². The van der Waals surface area contributed by atoms with Gasteiger partial charge in [0, 0.05) is 49.3 Å². The van der Waals surface area contributed by atoms with Crippen molar-refractivity contribution in [1.29, 1.82) is 0 Å². The molecule has 0 amide bonds. The maximum absolute atomic E-state index is 9.65. The van der Waals surface area contributed by atoms with Gasteiger partial charge in [0.15, 0.2) is 0 Å². The number of phenolic OH excluding ortho intramolecular Hbond substituents is 1. The molecule has 0 bridgehead atoms. The highest BCUT2D eigenvalue weighted by molar-refractivity contribution is 5.65. The van der Waals surface area contributed by atoms with Crippen LogP contribution in [-0.2, 0) is 25.8 Å². The molecule has 5 nitrogen and oxygen atoms in total. The number of nitrogens with zero attached hydrogens (tertiary/aromatic N) is 3. The molecule has 0 aliphatic carbocycles. The minimum absolute atomic E-state index is 0.272. The van der Waals surface area contributed by atoms with Crippen molar-refractivity contribution < 1.29 is 9.84 Å². The first kappa shape index (κ1) is 19.4. The zero-order chi connectivity index (χ0) is 20.2. The smallest absolute Gasteiger partial charge is 0.129 e. The summed E-state index contributed by atoms with van der Waals surface area (Å²) >= 11 is 0. The second-order valence-corrected chi connectivity index (χ2v) is 7.44. The lowest BCUT2D eigenvalue weighted by molar-refractivity contribution is 0.278. The molecule has 0 saturated carbocycles. The SMILES string of the molecule is CCc1nc2c(c(-c3ccc(O)cc3)n1)CCN(Cc1cccc(OC)c1)CC2. The summed E-state index contributed by atoms with van der Waals surface area (Å²) in [4.78, 5) is 12.2. The van der Waals surface area contributed by atoms with E-state index in [0.29, 0.717) is 0 Å². The first-order chi connectivity index (χ1) is 14.2. The fourth-order valence-electron chi connectivity index (χ4n) is 3.90. The molecule has 3 aromatic rings. The van der Waals surface area contributed by atoms with Gasteiger partial charge in [-0.1, -0.05) is 19.1 Å². The van der Waals surface area contributed by atoms with Gasteiger partial charge >= 0.3 is 0 Å². The maximum atomic E-state index is 9.65. The van der Waals surface area contributed by atoms with Crippen LogP contribution in [0.4, 0.5) is 0 Å². The minimum atomic E-state index is 0.272. The number of fused-ring (bicyclic) bond motifs is 1. The van der Waals surface area contributed by atoms with Gasteiger partial charge in [-0.2, -0.15) is 0 Å². The zero-order valence-electron chi connectivity index (χ0n) is 17.1. The number of ether oxygens (including phenoxy) is 1. The molecule has 5 heteroatoms. The van der Waals surface area contributed by atoms with E-state index in [1.54, 1.807) is 19.2 Å². The average molecular weight is 389 g/mol. The lowest BCUT2D eigenvalue weighted by atomic mass is 10.0. The molecule has 1 N–H and O–H groups in total. The Bertz CT molecular complexity index is 986. The van der Waals surface area contributed by atoms with Gasteiger partial charge in [0.1, 0.15) is 17.3 Å². The van der Waals surface area contributed by atoms with Gasteiger partial charge in [-0.05, 0) is 48.4 Å². The number of aromatic nitrogens is 2. The van der Waals surface area contributed by atoms with Crippen molar-refractivity contribution in [2.75, 3.05) is 20.2 Å². The molecule has 0 saturated heterocycles. The molecule has 2 aromatic carbocycles. The van der Waals surface area contributed by atoms with Crippen molar-refractivity contribution in [3.8, 4) is 22.8 Å². The minimum Gasteiger partial charge on any atom is -0.508 e. The third-order valence-corrected chi connectivity index (χ3v) is 5.48. The van der Waals surface area contributed by atoms with Crippen LogP contribution in [-0.4, -0.2) is 40.2 Å². The van der Waals surface area contributed by atoms with Crippen LogP contribution in [0.15, 0.2) is 48.5 Å². The Morgan fingerprint density at radius 3 is 2.59 bits per heavy atom. The quantitative estimate of drug-likeness (QED) is 0.714. The van der Waals surface area contributed by atoms with Crippen LogP contribution in [0, 0.1) is 0 Å². The number of aryl methyl sites for hydroxylation is 1. The van der Waals surface area contributed by atoms with Crippen LogP contribution < -0.4 is 4.74 Å². The normalized spacial score (nSPS) is 14.3. The second-order valence-electron chi connectivity index (χ2n) is 7.44. The van der Waals surface area contributed by atoms with E-state index in [9.17, 15) is 5.11 Å². The third-order valence-electron chi connectivity index (χ3n) is 5.48.